The average Bonchev–Trinajstić information content (AvgIpc) is 2.45. The summed E-state index contributed by atoms with van der Waals surface area (Å²) in [5.74, 6) is 0. The molecule has 0 aromatic heterocycles. The first-order chi connectivity index (χ1) is 4.24. The van der Waals surface area contributed by atoms with Gasteiger partial charge in [0.1, 0.15) is 6.10 Å². The standard InChI is InChI=1S/C7H12O2/c1-3-6-7(9-6)4-5(2)8/h3,5-8H,1,4H2,2H3. The molecule has 1 saturated heterocycles. The fourth-order valence-electron chi connectivity index (χ4n) is 0.890. The van der Waals surface area contributed by atoms with Gasteiger partial charge in [0, 0.05) is 6.42 Å². The largest absolute Gasteiger partial charge is 0.393 e. The van der Waals surface area contributed by atoms with Crippen LogP contribution >= 0.6 is 0 Å². The van der Waals surface area contributed by atoms with Crippen molar-refractivity contribution < 1.29 is 9.84 Å². The molecule has 1 aliphatic rings. The number of ether oxygens (including phenoxy) is 1. The summed E-state index contributed by atoms with van der Waals surface area (Å²) in [6, 6.07) is 0. The predicted molar refractivity (Wildman–Crippen MR) is 35.2 cm³/mol. The summed E-state index contributed by atoms with van der Waals surface area (Å²) in [6.45, 7) is 5.34. The highest BCUT2D eigenvalue weighted by Crippen LogP contribution is 2.26. The highest BCUT2D eigenvalue weighted by Gasteiger charge is 2.36. The summed E-state index contributed by atoms with van der Waals surface area (Å²) in [5.41, 5.74) is 0. The highest BCUT2D eigenvalue weighted by molar-refractivity contribution is 4.98. The quantitative estimate of drug-likeness (QED) is 0.448. The van der Waals surface area contributed by atoms with Crippen molar-refractivity contribution >= 4 is 0 Å². The molecule has 52 valence electrons. The number of hydrogen-bond donors (Lipinski definition) is 1. The van der Waals surface area contributed by atoms with Crippen LogP contribution in [0.5, 0.6) is 0 Å². The SMILES string of the molecule is C=CC1OC1CC(C)O. The third-order valence-corrected chi connectivity index (χ3v) is 1.43. The zero-order chi connectivity index (χ0) is 6.85. The van der Waals surface area contributed by atoms with Gasteiger partial charge in [0.15, 0.2) is 0 Å². The summed E-state index contributed by atoms with van der Waals surface area (Å²) in [5, 5.41) is 8.86. The summed E-state index contributed by atoms with van der Waals surface area (Å²) < 4.78 is 5.10. The van der Waals surface area contributed by atoms with Crippen LogP contribution in [0.3, 0.4) is 0 Å². The monoisotopic (exact) mass is 128 g/mol. The number of hydrogen-bond acceptors (Lipinski definition) is 2. The van der Waals surface area contributed by atoms with E-state index >= 15 is 0 Å². The lowest BCUT2D eigenvalue weighted by atomic mass is 10.2. The molecule has 1 heterocycles. The third kappa shape index (κ3) is 1.80. The molecule has 0 bridgehead atoms. The lowest BCUT2D eigenvalue weighted by Gasteiger charge is -1.96. The van der Waals surface area contributed by atoms with Gasteiger partial charge in [0.05, 0.1) is 12.2 Å². The normalized spacial score (nSPS) is 35.8. The van der Waals surface area contributed by atoms with Crippen molar-refractivity contribution in [3.05, 3.63) is 12.7 Å². The average molecular weight is 128 g/mol. The van der Waals surface area contributed by atoms with Gasteiger partial charge in [-0.05, 0) is 6.92 Å². The topological polar surface area (TPSA) is 32.8 Å². The van der Waals surface area contributed by atoms with Gasteiger partial charge in [-0.2, -0.15) is 0 Å². The van der Waals surface area contributed by atoms with Crippen molar-refractivity contribution in [2.24, 2.45) is 0 Å². The summed E-state index contributed by atoms with van der Waals surface area (Å²) >= 11 is 0. The molecule has 0 aliphatic carbocycles. The minimum atomic E-state index is -0.250. The molecule has 1 fully saturated rings. The smallest absolute Gasteiger partial charge is 0.102 e. The number of rotatable bonds is 3. The molecule has 0 saturated carbocycles. The lowest BCUT2D eigenvalue weighted by Crippen LogP contribution is -2.04. The maximum absolute atomic E-state index is 8.86. The van der Waals surface area contributed by atoms with E-state index in [0.29, 0.717) is 0 Å². The molecule has 3 atom stereocenters. The number of aliphatic hydroxyl groups excluding tert-OH is 1. The van der Waals surface area contributed by atoms with Gasteiger partial charge in [0.25, 0.3) is 0 Å². The fraction of sp³-hybridized carbons (Fsp3) is 0.714. The van der Waals surface area contributed by atoms with Crippen molar-refractivity contribution in [3.8, 4) is 0 Å². The molecule has 2 heteroatoms. The third-order valence-electron chi connectivity index (χ3n) is 1.43. The first-order valence-electron chi connectivity index (χ1n) is 3.20. The molecule has 3 unspecified atom stereocenters. The van der Waals surface area contributed by atoms with Gasteiger partial charge in [-0.15, -0.1) is 6.58 Å². The van der Waals surface area contributed by atoms with E-state index in [1.54, 1.807) is 13.0 Å². The van der Waals surface area contributed by atoms with E-state index in [2.05, 4.69) is 6.58 Å². The molecule has 0 radical (unpaired) electrons. The van der Waals surface area contributed by atoms with Crippen LogP contribution in [-0.4, -0.2) is 23.4 Å². The zero-order valence-electron chi connectivity index (χ0n) is 5.58. The van der Waals surface area contributed by atoms with Crippen LogP contribution in [0.15, 0.2) is 12.7 Å². The van der Waals surface area contributed by atoms with Crippen molar-refractivity contribution in [1.29, 1.82) is 0 Å². The number of aliphatic hydroxyl groups is 1. The van der Waals surface area contributed by atoms with Crippen LogP contribution in [0.1, 0.15) is 13.3 Å². The minimum absolute atomic E-state index is 0.208. The molecule has 1 N–H and O–H groups in total. The highest BCUT2D eigenvalue weighted by atomic mass is 16.6. The molecular formula is C7H12O2. The van der Waals surface area contributed by atoms with Crippen LogP contribution in [-0.2, 0) is 4.74 Å². The Morgan fingerprint density at radius 1 is 1.89 bits per heavy atom. The first kappa shape index (κ1) is 6.78. The van der Waals surface area contributed by atoms with Crippen molar-refractivity contribution in [2.45, 2.75) is 31.7 Å². The van der Waals surface area contributed by atoms with Gasteiger partial charge in [0.2, 0.25) is 0 Å². The molecule has 0 amide bonds. The Bertz CT molecular complexity index is 109. The Balaban J connectivity index is 2.12. The van der Waals surface area contributed by atoms with Crippen molar-refractivity contribution in [2.75, 3.05) is 0 Å². The Kier molecular flexibility index (Phi) is 1.88. The lowest BCUT2D eigenvalue weighted by molar-refractivity contribution is 0.170. The molecule has 0 aromatic carbocycles. The second-order valence-corrected chi connectivity index (χ2v) is 2.46. The predicted octanol–water partition coefficient (Wildman–Crippen LogP) is 0.711. The van der Waals surface area contributed by atoms with Gasteiger partial charge >= 0.3 is 0 Å². The molecule has 0 aromatic rings. The zero-order valence-corrected chi connectivity index (χ0v) is 5.58. The second-order valence-electron chi connectivity index (χ2n) is 2.46. The van der Waals surface area contributed by atoms with Crippen LogP contribution < -0.4 is 0 Å². The van der Waals surface area contributed by atoms with Gasteiger partial charge in [-0.3, -0.25) is 0 Å². The van der Waals surface area contributed by atoms with Gasteiger partial charge < -0.3 is 9.84 Å². The molecular weight excluding hydrogens is 116 g/mol. The van der Waals surface area contributed by atoms with E-state index in [4.69, 9.17) is 9.84 Å². The van der Waals surface area contributed by atoms with E-state index in [1.807, 2.05) is 0 Å². The first-order valence-corrected chi connectivity index (χ1v) is 3.20. The second kappa shape index (κ2) is 2.50. The maximum Gasteiger partial charge on any atom is 0.102 e. The Labute approximate surface area is 55.1 Å². The van der Waals surface area contributed by atoms with E-state index in [0.717, 1.165) is 6.42 Å². The summed E-state index contributed by atoms with van der Waals surface area (Å²) in [4.78, 5) is 0. The number of epoxide rings is 1. The maximum atomic E-state index is 8.86. The van der Waals surface area contributed by atoms with Gasteiger partial charge in [-0.1, -0.05) is 6.08 Å². The molecule has 0 spiro atoms. The van der Waals surface area contributed by atoms with Crippen molar-refractivity contribution in [3.63, 3.8) is 0 Å². The Hall–Kier alpha value is -0.340. The molecule has 2 nitrogen and oxygen atoms in total. The van der Waals surface area contributed by atoms with Crippen LogP contribution in [0.4, 0.5) is 0 Å². The Morgan fingerprint density at radius 2 is 2.56 bits per heavy atom. The van der Waals surface area contributed by atoms with Gasteiger partial charge in [-0.25, -0.2) is 0 Å². The van der Waals surface area contributed by atoms with Crippen LogP contribution in [0.2, 0.25) is 0 Å². The van der Waals surface area contributed by atoms with E-state index < -0.39 is 0 Å². The van der Waals surface area contributed by atoms with Crippen LogP contribution in [0.25, 0.3) is 0 Å². The van der Waals surface area contributed by atoms with E-state index in [1.165, 1.54) is 0 Å². The fourth-order valence-corrected chi connectivity index (χ4v) is 0.890. The molecule has 1 rings (SSSR count). The van der Waals surface area contributed by atoms with E-state index in [9.17, 15) is 0 Å². The molecule has 9 heavy (non-hydrogen) atoms. The molecule has 1 aliphatic heterocycles. The van der Waals surface area contributed by atoms with E-state index in [-0.39, 0.29) is 18.3 Å². The van der Waals surface area contributed by atoms with Crippen molar-refractivity contribution in [1.82, 2.24) is 0 Å². The Morgan fingerprint density at radius 3 is 2.89 bits per heavy atom. The summed E-state index contributed by atoms with van der Waals surface area (Å²) in [7, 11) is 0. The minimum Gasteiger partial charge on any atom is -0.393 e. The van der Waals surface area contributed by atoms with Crippen LogP contribution in [0, 0.1) is 0 Å². The summed E-state index contributed by atoms with van der Waals surface area (Å²) in [6.07, 6.45) is 2.70.